The number of likely N-dealkylation sites (tertiary alicyclic amines) is 1. The number of furan rings is 1. The number of amides is 2. The Balaban J connectivity index is 1.46. The van der Waals surface area contributed by atoms with E-state index < -0.39 is 0 Å². The number of carbonyl (C=O) groups excluding carboxylic acids is 2. The zero-order chi connectivity index (χ0) is 24.2. The fourth-order valence-electron chi connectivity index (χ4n) is 5.21. The molecule has 8 heteroatoms. The molecule has 182 valence electrons. The van der Waals surface area contributed by atoms with Crippen LogP contribution in [0.3, 0.4) is 0 Å². The highest BCUT2D eigenvalue weighted by Crippen LogP contribution is 2.28. The SMILES string of the molecule is Cc1occc1C(=O)N(C)C(Cc1ccccc1)C1CCN(C(=O)[C@@H]2C[C@@H](C)NC(=S)N2)CC1. The van der Waals surface area contributed by atoms with Crippen LogP contribution in [-0.2, 0) is 11.2 Å². The van der Waals surface area contributed by atoms with E-state index in [1.807, 2.05) is 48.9 Å². The maximum atomic E-state index is 13.3. The third kappa shape index (κ3) is 5.43. The largest absolute Gasteiger partial charge is 0.469 e. The lowest BCUT2D eigenvalue weighted by molar-refractivity contribution is -0.135. The molecular weight excluding hydrogens is 448 g/mol. The lowest BCUT2D eigenvalue weighted by atomic mass is 9.84. The first-order valence-electron chi connectivity index (χ1n) is 12.0. The summed E-state index contributed by atoms with van der Waals surface area (Å²) in [6, 6.07) is 12.0. The second kappa shape index (κ2) is 10.6. The molecule has 1 unspecified atom stereocenters. The number of nitrogens with one attached hydrogen (secondary N) is 2. The Morgan fingerprint density at radius 2 is 1.88 bits per heavy atom. The lowest BCUT2D eigenvalue weighted by Gasteiger charge is -2.41. The standard InChI is InChI=1S/C26H34N4O3S/c1-17-15-22(28-26(34)27-17)25(32)30-12-9-20(10-13-30)23(16-19-7-5-4-6-8-19)29(3)24(31)21-11-14-33-18(21)2/h4-8,11,14,17,20,22-23H,9-10,12-13,15-16H2,1-3H3,(H2,27,28,34)/t17-,22+,23?/m1/s1. The summed E-state index contributed by atoms with van der Waals surface area (Å²) < 4.78 is 5.38. The minimum Gasteiger partial charge on any atom is -0.469 e. The summed E-state index contributed by atoms with van der Waals surface area (Å²) in [4.78, 5) is 30.3. The zero-order valence-electron chi connectivity index (χ0n) is 20.1. The first-order valence-corrected chi connectivity index (χ1v) is 12.4. The van der Waals surface area contributed by atoms with Gasteiger partial charge in [-0.15, -0.1) is 0 Å². The van der Waals surface area contributed by atoms with Crippen LogP contribution >= 0.6 is 12.2 Å². The van der Waals surface area contributed by atoms with Gasteiger partial charge in [0, 0.05) is 32.2 Å². The molecule has 1 aromatic carbocycles. The molecule has 34 heavy (non-hydrogen) atoms. The van der Waals surface area contributed by atoms with Gasteiger partial charge in [0.1, 0.15) is 11.8 Å². The Hall–Kier alpha value is -2.87. The summed E-state index contributed by atoms with van der Waals surface area (Å²) in [5, 5.41) is 6.83. The first kappa shape index (κ1) is 24.3. The Labute approximate surface area is 206 Å². The quantitative estimate of drug-likeness (QED) is 0.616. The van der Waals surface area contributed by atoms with Gasteiger partial charge in [-0.05, 0) is 69.3 Å². The van der Waals surface area contributed by atoms with Crippen molar-refractivity contribution in [2.75, 3.05) is 20.1 Å². The molecule has 3 heterocycles. The average molecular weight is 483 g/mol. The molecule has 4 rings (SSSR count). The van der Waals surface area contributed by atoms with Gasteiger partial charge in [-0.25, -0.2) is 0 Å². The molecule has 1 aromatic heterocycles. The Kier molecular flexibility index (Phi) is 7.56. The van der Waals surface area contributed by atoms with E-state index in [9.17, 15) is 9.59 Å². The van der Waals surface area contributed by atoms with Crippen LogP contribution in [0.15, 0.2) is 47.1 Å². The predicted octanol–water partition coefficient (Wildman–Crippen LogP) is 3.13. The van der Waals surface area contributed by atoms with Gasteiger partial charge in [0.15, 0.2) is 5.11 Å². The van der Waals surface area contributed by atoms with Gasteiger partial charge in [0.05, 0.1) is 11.8 Å². The summed E-state index contributed by atoms with van der Waals surface area (Å²) in [6.45, 7) is 5.24. The number of nitrogens with zero attached hydrogens (tertiary/aromatic N) is 2. The van der Waals surface area contributed by atoms with Crippen molar-refractivity contribution in [3.05, 3.63) is 59.5 Å². The molecule has 2 fully saturated rings. The second-order valence-corrected chi connectivity index (χ2v) is 9.94. The van der Waals surface area contributed by atoms with E-state index >= 15 is 0 Å². The van der Waals surface area contributed by atoms with Gasteiger partial charge < -0.3 is 24.9 Å². The molecule has 3 atom stereocenters. The molecule has 2 saturated heterocycles. The monoisotopic (exact) mass is 482 g/mol. The van der Waals surface area contributed by atoms with Gasteiger partial charge >= 0.3 is 0 Å². The molecule has 2 N–H and O–H groups in total. The van der Waals surface area contributed by atoms with Gasteiger partial charge in [-0.3, -0.25) is 9.59 Å². The number of piperidine rings is 1. The summed E-state index contributed by atoms with van der Waals surface area (Å²) in [5.74, 6) is 1.03. The van der Waals surface area contributed by atoms with Crippen LogP contribution in [0.4, 0.5) is 0 Å². The molecule has 0 bridgehead atoms. The number of hydrogen-bond donors (Lipinski definition) is 2. The van der Waals surface area contributed by atoms with Gasteiger partial charge in [-0.2, -0.15) is 0 Å². The molecule has 0 radical (unpaired) electrons. The lowest BCUT2D eigenvalue weighted by Crippen LogP contribution is -2.60. The topological polar surface area (TPSA) is 77.8 Å². The molecule has 2 aliphatic rings. The van der Waals surface area contributed by atoms with Crippen molar-refractivity contribution in [2.24, 2.45) is 5.92 Å². The smallest absolute Gasteiger partial charge is 0.257 e. The Bertz CT molecular complexity index is 1020. The van der Waals surface area contributed by atoms with Gasteiger partial charge in [0.25, 0.3) is 5.91 Å². The van der Waals surface area contributed by atoms with Crippen LogP contribution < -0.4 is 10.6 Å². The maximum Gasteiger partial charge on any atom is 0.257 e. The van der Waals surface area contributed by atoms with Crippen molar-refractivity contribution >= 4 is 29.1 Å². The van der Waals surface area contributed by atoms with E-state index in [1.165, 1.54) is 5.56 Å². The number of hydrogen-bond acceptors (Lipinski definition) is 4. The summed E-state index contributed by atoms with van der Waals surface area (Å²) in [7, 11) is 1.89. The number of likely N-dealkylation sites (N-methyl/N-ethyl adjacent to an activating group) is 1. The highest BCUT2D eigenvalue weighted by molar-refractivity contribution is 7.80. The molecule has 2 aliphatic heterocycles. The molecule has 2 amide bonds. The fraction of sp³-hybridized carbons (Fsp3) is 0.500. The van der Waals surface area contributed by atoms with E-state index in [1.54, 1.807) is 12.3 Å². The van der Waals surface area contributed by atoms with Crippen molar-refractivity contribution in [1.82, 2.24) is 20.4 Å². The Morgan fingerprint density at radius 1 is 1.18 bits per heavy atom. The molecule has 0 spiro atoms. The van der Waals surface area contributed by atoms with Gasteiger partial charge in [0.2, 0.25) is 5.91 Å². The minimum absolute atomic E-state index is 0.0212. The molecule has 0 aliphatic carbocycles. The third-order valence-corrected chi connectivity index (χ3v) is 7.40. The van der Waals surface area contributed by atoms with E-state index in [-0.39, 0.29) is 29.9 Å². The number of benzene rings is 1. The van der Waals surface area contributed by atoms with E-state index in [0.29, 0.717) is 35.4 Å². The molecular formula is C26H34N4O3S. The summed E-state index contributed by atoms with van der Waals surface area (Å²) >= 11 is 5.25. The van der Waals surface area contributed by atoms with Crippen molar-refractivity contribution in [3.8, 4) is 0 Å². The predicted molar refractivity (Wildman–Crippen MR) is 136 cm³/mol. The average Bonchev–Trinajstić information content (AvgIpc) is 3.27. The Morgan fingerprint density at radius 3 is 2.50 bits per heavy atom. The van der Waals surface area contributed by atoms with Crippen LogP contribution in [-0.4, -0.2) is 65.0 Å². The highest BCUT2D eigenvalue weighted by Gasteiger charge is 2.36. The summed E-state index contributed by atoms with van der Waals surface area (Å²) in [5.41, 5.74) is 1.81. The fourth-order valence-corrected chi connectivity index (χ4v) is 5.55. The molecule has 7 nitrogen and oxygen atoms in total. The van der Waals surface area contributed by atoms with Gasteiger partial charge in [-0.1, -0.05) is 30.3 Å². The number of rotatable bonds is 6. The third-order valence-electron chi connectivity index (χ3n) is 7.16. The van der Waals surface area contributed by atoms with E-state index in [2.05, 4.69) is 22.8 Å². The summed E-state index contributed by atoms with van der Waals surface area (Å²) in [6.07, 6.45) is 4.78. The van der Waals surface area contributed by atoms with Crippen LogP contribution in [0.5, 0.6) is 0 Å². The molecule has 2 aromatic rings. The zero-order valence-corrected chi connectivity index (χ0v) is 20.9. The highest BCUT2D eigenvalue weighted by atomic mass is 32.1. The number of carbonyl (C=O) groups is 2. The van der Waals surface area contributed by atoms with E-state index in [0.717, 1.165) is 25.7 Å². The molecule has 0 saturated carbocycles. The maximum absolute atomic E-state index is 13.3. The van der Waals surface area contributed by atoms with Crippen molar-refractivity contribution in [3.63, 3.8) is 0 Å². The van der Waals surface area contributed by atoms with Crippen LogP contribution in [0.25, 0.3) is 0 Å². The second-order valence-electron chi connectivity index (χ2n) is 9.53. The van der Waals surface area contributed by atoms with Crippen LogP contribution in [0, 0.1) is 12.8 Å². The normalized spacial score (nSPS) is 22.0. The van der Waals surface area contributed by atoms with Crippen molar-refractivity contribution < 1.29 is 14.0 Å². The van der Waals surface area contributed by atoms with Crippen molar-refractivity contribution in [1.29, 1.82) is 0 Å². The van der Waals surface area contributed by atoms with Crippen LogP contribution in [0.1, 0.15) is 47.9 Å². The minimum atomic E-state index is -0.270. The van der Waals surface area contributed by atoms with Crippen molar-refractivity contribution in [2.45, 2.75) is 57.7 Å². The number of aryl methyl sites for hydroxylation is 1. The van der Waals surface area contributed by atoms with Crippen LogP contribution in [0.2, 0.25) is 0 Å². The van der Waals surface area contributed by atoms with E-state index in [4.69, 9.17) is 16.6 Å². The first-order chi connectivity index (χ1) is 16.3. The number of thiocarbonyl (C=S) groups is 1.